The molecule has 7 heteroatoms. The zero-order valence-corrected chi connectivity index (χ0v) is 15.9. The van der Waals surface area contributed by atoms with Gasteiger partial charge in [0, 0.05) is 6.54 Å². The number of amides is 2. The Hall–Kier alpha value is -2.73. The molecule has 2 amide bonds. The average Bonchev–Trinajstić information content (AvgIpc) is 3.12. The van der Waals surface area contributed by atoms with Crippen molar-refractivity contribution in [1.29, 1.82) is 0 Å². The summed E-state index contributed by atoms with van der Waals surface area (Å²) in [5.41, 5.74) is 1.22. The predicted molar refractivity (Wildman–Crippen MR) is 102 cm³/mol. The third-order valence-corrected chi connectivity index (χ3v) is 4.59. The van der Waals surface area contributed by atoms with Crippen molar-refractivity contribution in [2.24, 2.45) is 5.92 Å². The van der Waals surface area contributed by atoms with Gasteiger partial charge in [-0.05, 0) is 35.7 Å². The van der Waals surface area contributed by atoms with E-state index in [2.05, 4.69) is 10.6 Å². The number of carbonyl (C=O) groups is 2. The zero-order valence-electron chi connectivity index (χ0n) is 15.1. The molecule has 0 saturated carbocycles. The van der Waals surface area contributed by atoms with Crippen LogP contribution in [0.15, 0.2) is 42.5 Å². The van der Waals surface area contributed by atoms with Crippen molar-refractivity contribution in [2.75, 3.05) is 6.79 Å². The summed E-state index contributed by atoms with van der Waals surface area (Å²) in [4.78, 5) is 25.1. The van der Waals surface area contributed by atoms with Gasteiger partial charge < -0.3 is 20.1 Å². The van der Waals surface area contributed by atoms with Crippen LogP contribution in [0.3, 0.4) is 0 Å². The van der Waals surface area contributed by atoms with Crippen LogP contribution >= 0.6 is 11.6 Å². The molecule has 0 saturated heterocycles. The van der Waals surface area contributed by atoms with Crippen LogP contribution in [0.1, 0.15) is 29.8 Å². The largest absolute Gasteiger partial charge is 0.454 e. The smallest absolute Gasteiger partial charge is 0.253 e. The molecular weight excluding hydrogens is 368 g/mol. The molecule has 1 aliphatic heterocycles. The summed E-state index contributed by atoms with van der Waals surface area (Å²) in [6.07, 6.45) is 0. The Bertz CT molecular complexity index is 854. The van der Waals surface area contributed by atoms with Crippen molar-refractivity contribution in [3.63, 3.8) is 0 Å². The average molecular weight is 389 g/mol. The standard InChI is InChI=1S/C20H21ClN2O4/c1-12(2)18(23-19(24)14-5-3-4-6-15(14)21)20(25)22-10-13-7-8-16-17(9-13)27-11-26-16/h3-9,12,18H,10-11H2,1-2H3,(H,22,25)(H,23,24)/t18-/m1/s1. The van der Waals surface area contributed by atoms with Crippen LogP contribution in [0.5, 0.6) is 11.5 Å². The molecule has 1 heterocycles. The summed E-state index contributed by atoms with van der Waals surface area (Å²) < 4.78 is 10.6. The monoisotopic (exact) mass is 388 g/mol. The van der Waals surface area contributed by atoms with E-state index in [0.29, 0.717) is 28.6 Å². The molecule has 0 radical (unpaired) electrons. The SMILES string of the molecule is CC(C)[C@@H](NC(=O)c1ccccc1Cl)C(=O)NCc1ccc2c(c1)OCO2. The maximum Gasteiger partial charge on any atom is 0.253 e. The van der Waals surface area contributed by atoms with Crippen molar-refractivity contribution in [1.82, 2.24) is 10.6 Å². The maximum atomic E-state index is 12.6. The van der Waals surface area contributed by atoms with Gasteiger partial charge in [0.2, 0.25) is 12.7 Å². The van der Waals surface area contributed by atoms with Gasteiger partial charge in [-0.25, -0.2) is 0 Å². The van der Waals surface area contributed by atoms with Crippen LogP contribution in [-0.4, -0.2) is 24.6 Å². The number of halogens is 1. The molecule has 6 nitrogen and oxygen atoms in total. The van der Waals surface area contributed by atoms with Gasteiger partial charge in [0.15, 0.2) is 11.5 Å². The Morgan fingerprint density at radius 3 is 2.59 bits per heavy atom. The quantitative estimate of drug-likeness (QED) is 0.797. The van der Waals surface area contributed by atoms with E-state index in [1.54, 1.807) is 24.3 Å². The van der Waals surface area contributed by atoms with Crippen LogP contribution < -0.4 is 20.1 Å². The number of benzene rings is 2. The third-order valence-electron chi connectivity index (χ3n) is 4.26. The number of rotatable bonds is 6. The van der Waals surface area contributed by atoms with E-state index in [0.717, 1.165) is 5.56 Å². The maximum absolute atomic E-state index is 12.6. The summed E-state index contributed by atoms with van der Waals surface area (Å²) in [7, 11) is 0. The van der Waals surface area contributed by atoms with E-state index in [1.165, 1.54) is 0 Å². The van der Waals surface area contributed by atoms with Gasteiger partial charge in [-0.2, -0.15) is 0 Å². The molecule has 142 valence electrons. The summed E-state index contributed by atoms with van der Waals surface area (Å²) in [5, 5.41) is 5.98. The van der Waals surface area contributed by atoms with Crippen molar-refractivity contribution in [2.45, 2.75) is 26.4 Å². The van der Waals surface area contributed by atoms with Gasteiger partial charge in [0.25, 0.3) is 5.91 Å². The number of carbonyl (C=O) groups excluding carboxylic acids is 2. The third kappa shape index (κ3) is 4.52. The topological polar surface area (TPSA) is 76.7 Å². The Morgan fingerprint density at radius 1 is 1.11 bits per heavy atom. The van der Waals surface area contributed by atoms with E-state index >= 15 is 0 Å². The lowest BCUT2D eigenvalue weighted by Gasteiger charge is -2.22. The molecule has 3 rings (SSSR count). The van der Waals surface area contributed by atoms with Gasteiger partial charge in [-0.15, -0.1) is 0 Å². The minimum absolute atomic E-state index is 0.0896. The lowest BCUT2D eigenvalue weighted by Crippen LogP contribution is -2.49. The lowest BCUT2D eigenvalue weighted by molar-refractivity contribution is -0.124. The molecule has 2 aromatic carbocycles. The summed E-state index contributed by atoms with van der Waals surface area (Å²) in [6, 6.07) is 11.6. The molecule has 27 heavy (non-hydrogen) atoms. The molecule has 0 fully saturated rings. The van der Waals surface area contributed by atoms with E-state index in [1.807, 2.05) is 32.0 Å². The molecule has 0 spiro atoms. The Balaban J connectivity index is 1.63. The fourth-order valence-electron chi connectivity index (χ4n) is 2.75. The lowest BCUT2D eigenvalue weighted by atomic mass is 10.0. The Labute approximate surface area is 162 Å². The molecule has 0 bridgehead atoms. The highest BCUT2D eigenvalue weighted by molar-refractivity contribution is 6.33. The van der Waals surface area contributed by atoms with Gasteiger partial charge in [-0.3, -0.25) is 9.59 Å². The first-order valence-corrected chi connectivity index (χ1v) is 9.05. The number of fused-ring (bicyclic) bond motifs is 1. The highest BCUT2D eigenvalue weighted by Gasteiger charge is 2.25. The van der Waals surface area contributed by atoms with Crippen molar-refractivity contribution in [3.8, 4) is 11.5 Å². The van der Waals surface area contributed by atoms with E-state index in [-0.39, 0.29) is 24.5 Å². The second-order valence-corrected chi connectivity index (χ2v) is 6.99. The summed E-state index contributed by atoms with van der Waals surface area (Å²) >= 11 is 6.07. The molecule has 0 aromatic heterocycles. The molecule has 2 aromatic rings. The minimum Gasteiger partial charge on any atom is -0.454 e. The van der Waals surface area contributed by atoms with Crippen LogP contribution in [0, 0.1) is 5.92 Å². The second-order valence-electron chi connectivity index (χ2n) is 6.58. The van der Waals surface area contributed by atoms with Gasteiger partial charge in [-0.1, -0.05) is 43.6 Å². The van der Waals surface area contributed by atoms with E-state index in [4.69, 9.17) is 21.1 Å². The Morgan fingerprint density at radius 2 is 1.85 bits per heavy atom. The molecular formula is C20H21ClN2O4. The molecule has 0 unspecified atom stereocenters. The minimum atomic E-state index is -0.678. The summed E-state index contributed by atoms with van der Waals surface area (Å²) in [6.45, 7) is 4.27. The predicted octanol–water partition coefficient (Wildman–Crippen LogP) is 3.14. The number of hydrogen-bond donors (Lipinski definition) is 2. The number of nitrogens with one attached hydrogen (secondary N) is 2. The van der Waals surface area contributed by atoms with Crippen LogP contribution in [0.4, 0.5) is 0 Å². The molecule has 0 aliphatic carbocycles. The molecule has 2 N–H and O–H groups in total. The normalized spacial score (nSPS) is 13.3. The zero-order chi connectivity index (χ0) is 19.4. The van der Waals surface area contributed by atoms with Crippen LogP contribution in [0.2, 0.25) is 5.02 Å². The first-order chi connectivity index (χ1) is 13.0. The van der Waals surface area contributed by atoms with Crippen molar-refractivity contribution < 1.29 is 19.1 Å². The van der Waals surface area contributed by atoms with Crippen LogP contribution in [-0.2, 0) is 11.3 Å². The highest BCUT2D eigenvalue weighted by atomic mass is 35.5. The second kappa shape index (κ2) is 8.31. The van der Waals surface area contributed by atoms with Crippen molar-refractivity contribution in [3.05, 3.63) is 58.6 Å². The highest BCUT2D eigenvalue weighted by Crippen LogP contribution is 2.32. The fourth-order valence-corrected chi connectivity index (χ4v) is 2.97. The first kappa shape index (κ1) is 19.0. The number of hydrogen-bond acceptors (Lipinski definition) is 4. The number of ether oxygens (including phenoxy) is 2. The van der Waals surface area contributed by atoms with Gasteiger partial charge in [0.05, 0.1) is 10.6 Å². The fraction of sp³-hybridized carbons (Fsp3) is 0.300. The van der Waals surface area contributed by atoms with Gasteiger partial charge >= 0.3 is 0 Å². The van der Waals surface area contributed by atoms with Crippen molar-refractivity contribution >= 4 is 23.4 Å². The molecule has 1 atom stereocenters. The van der Waals surface area contributed by atoms with E-state index in [9.17, 15) is 9.59 Å². The Kier molecular flexibility index (Phi) is 5.86. The summed E-state index contributed by atoms with van der Waals surface area (Å²) in [5.74, 6) is 0.625. The van der Waals surface area contributed by atoms with Gasteiger partial charge in [0.1, 0.15) is 6.04 Å². The van der Waals surface area contributed by atoms with Crippen LogP contribution in [0.25, 0.3) is 0 Å². The first-order valence-electron chi connectivity index (χ1n) is 8.67. The van der Waals surface area contributed by atoms with E-state index < -0.39 is 6.04 Å². The molecule has 1 aliphatic rings.